The van der Waals surface area contributed by atoms with Crippen molar-refractivity contribution in [3.8, 4) is 0 Å². The first kappa shape index (κ1) is 14.9. The van der Waals surface area contributed by atoms with Crippen LogP contribution in [0.2, 0.25) is 0 Å². The molecule has 0 aliphatic carbocycles. The van der Waals surface area contributed by atoms with Crippen molar-refractivity contribution in [1.29, 1.82) is 0 Å². The minimum atomic E-state index is 0.662. The number of hydrogen-bond acceptors (Lipinski definition) is 2. The number of rotatable bonds is 5. The van der Waals surface area contributed by atoms with Gasteiger partial charge in [0.25, 0.3) is 0 Å². The molecule has 0 saturated carbocycles. The Kier molecular flexibility index (Phi) is 4.36. The molecule has 0 unspecified atom stereocenters. The number of nitrogen functional groups attached to an aromatic ring is 1. The largest absolute Gasteiger partial charge is 0.399 e. The molecular formula is C17H27N3. The smallest absolute Gasteiger partial charge is 0.109 e. The van der Waals surface area contributed by atoms with Gasteiger partial charge in [0.1, 0.15) is 5.82 Å². The first-order valence-electron chi connectivity index (χ1n) is 7.68. The van der Waals surface area contributed by atoms with Crippen LogP contribution in [-0.2, 0) is 13.0 Å². The molecule has 1 aromatic heterocycles. The molecule has 2 aromatic rings. The molecule has 3 nitrogen and oxygen atoms in total. The van der Waals surface area contributed by atoms with E-state index in [1.54, 1.807) is 0 Å². The summed E-state index contributed by atoms with van der Waals surface area (Å²) < 4.78 is 2.39. The number of aryl methyl sites for hydroxylation is 1. The van der Waals surface area contributed by atoms with Gasteiger partial charge in [-0.2, -0.15) is 0 Å². The Morgan fingerprint density at radius 2 is 1.80 bits per heavy atom. The lowest BCUT2D eigenvalue weighted by atomic mass is 9.85. The standard InChI is InChI=1S/C17H27N3/c1-6-17-19-15-9-13(18)7-8-16(15)20(17)10-14(11(2)3)12(4)5/h7-9,11-12,14H,6,10,18H2,1-5H3. The number of benzene rings is 1. The van der Waals surface area contributed by atoms with E-state index >= 15 is 0 Å². The van der Waals surface area contributed by atoms with Crippen LogP contribution < -0.4 is 5.73 Å². The Morgan fingerprint density at radius 1 is 1.15 bits per heavy atom. The zero-order chi connectivity index (χ0) is 14.9. The van der Waals surface area contributed by atoms with Crippen LogP contribution in [0.1, 0.15) is 40.4 Å². The highest BCUT2D eigenvalue weighted by Crippen LogP contribution is 2.27. The molecule has 1 heterocycles. The van der Waals surface area contributed by atoms with Gasteiger partial charge in [0, 0.05) is 18.7 Å². The van der Waals surface area contributed by atoms with Crippen molar-refractivity contribution in [3.05, 3.63) is 24.0 Å². The Morgan fingerprint density at radius 3 is 2.35 bits per heavy atom. The molecule has 3 heteroatoms. The van der Waals surface area contributed by atoms with Crippen molar-refractivity contribution in [2.75, 3.05) is 5.73 Å². The van der Waals surface area contributed by atoms with Crippen LogP contribution in [-0.4, -0.2) is 9.55 Å². The average molecular weight is 273 g/mol. The third-order valence-corrected chi connectivity index (χ3v) is 4.27. The molecule has 0 aliphatic rings. The van der Waals surface area contributed by atoms with E-state index in [1.165, 1.54) is 5.52 Å². The second-order valence-electron chi connectivity index (χ2n) is 6.39. The highest BCUT2D eigenvalue weighted by molar-refractivity contribution is 5.79. The number of nitrogens with two attached hydrogens (primary N) is 1. The van der Waals surface area contributed by atoms with E-state index in [1.807, 2.05) is 12.1 Å². The van der Waals surface area contributed by atoms with Crippen LogP contribution in [0.4, 0.5) is 5.69 Å². The summed E-state index contributed by atoms with van der Waals surface area (Å²) in [5, 5.41) is 0. The van der Waals surface area contributed by atoms with Gasteiger partial charge in [0.2, 0.25) is 0 Å². The number of aromatic nitrogens is 2. The van der Waals surface area contributed by atoms with E-state index in [-0.39, 0.29) is 0 Å². The van der Waals surface area contributed by atoms with Gasteiger partial charge in [0.05, 0.1) is 11.0 Å². The molecular weight excluding hydrogens is 246 g/mol. The zero-order valence-electron chi connectivity index (χ0n) is 13.4. The van der Waals surface area contributed by atoms with E-state index < -0.39 is 0 Å². The Balaban J connectivity index is 2.46. The maximum atomic E-state index is 5.87. The van der Waals surface area contributed by atoms with E-state index in [9.17, 15) is 0 Å². The molecule has 20 heavy (non-hydrogen) atoms. The Hall–Kier alpha value is -1.51. The van der Waals surface area contributed by atoms with Gasteiger partial charge >= 0.3 is 0 Å². The number of nitrogens with zero attached hydrogens (tertiary/aromatic N) is 2. The highest BCUT2D eigenvalue weighted by atomic mass is 15.1. The fourth-order valence-electron chi connectivity index (χ4n) is 3.07. The van der Waals surface area contributed by atoms with E-state index in [2.05, 4.69) is 45.3 Å². The fourth-order valence-corrected chi connectivity index (χ4v) is 3.07. The summed E-state index contributed by atoms with van der Waals surface area (Å²) in [6.45, 7) is 12.5. The zero-order valence-corrected chi connectivity index (χ0v) is 13.4. The predicted octanol–water partition coefficient (Wildman–Crippen LogP) is 4.11. The molecule has 0 aliphatic heterocycles. The van der Waals surface area contributed by atoms with Crippen LogP contribution in [0.3, 0.4) is 0 Å². The summed E-state index contributed by atoms with van der Waals surface area (Å²) in [5.74, 6) is 3.17. The van der Waals surface area contributed by atoms with Gasteiger partial charge in [-0.05, 0) is 36.0 Å². The van der Waals surface area contributed by atoms with Crippen molar-refractivity contribution in [3.63, 3.8) is 0 Å². The van der Waals surface area contributed by atoms with Gasteiger partial charge in [0.15, 0.2) is 0 Å². The maximum Gasteiger partial charge on any atom is 0.109 e. The quantitative estimate of drug-likeness (QED) is 0.833. The lowest BCUT2D eigenvalue weighted by Crippen LogP contribution is -2.22. The molecule has 2 rings (SSSR count). The topological polar surface area (TPSA) is 43.8 Å². The van der Waals surface area contributed by atoms with E-state index in [0.717, 1.165) is 30.0 Å². The molecule has 0 radical (unpaired) electrons. The molecule has 0 saturated heterocycles. The molecule has 110 valence electrons. The summed E-state index contributed by atoms with van der Waals surface area (Å²) in [4.78, 5) is 4.75. The second kappa shape index (κ2) is 5.86. The van der Waals surface area contributed by atoms with Crippen LogP contribution in [0, 0.1) is 17.8 Å². The summed E-state index contributed by atoms with van der Waals surface area (Å²) in [6.07, 6.45) is 0.956. The van der Waals surface area contributed by atoms with Crippen molar-refractivity contribution >= 4 is 16.7 Å². The Bertz CT molecular complexity index is 573. The van der Waals surface area contributed by atoms with Crippen molar-refractivity contribution < 1.29 is 0 Å². The van der Waals surface area contributed by atoms with Crippen molar-refractivity contribution in [2.24, 2.45) is 17.8 Å². The van der Waals surface area contributed by atoms with Gasteiger partial charge < -0.3 is 10.3 Å². The van der Waals surface area contributed by atoms with Crippen molar-refractivity contribution in [1.82, 2.24) is 9.55 Å². The third kappa shape index (κ3) is 2.82. The number of hydrogen-bond donors (Lipinski definition) is 1. The number of fused-ring (bicyclic) bond motifs is 1. The fraction of sp³-hybridized carbons (Fsp3) is 0.588. The predicted molar refractivity (Wildman–Crippen MR) is 86.7 cm³/mol. The minimum Gasteiger partial charge on any atom is -0.399 e. The monoisotopic (exact) mass is 273 g/mol. The normalized spacial score (nSPS) is 12.2. The lowest BCUT2D eigenvalue weighted by molar-refractivity contribution is 0.252. The summed E-state index contributed by atoms with van der Waals surface area (Å²) in [5.41, 5.74) is 8.89. The van der Waals surface area contributed by atoms with Crippen LogP contribution in [0.25, 0.3) is 11.0 Å². The minimum absolute atomic E-state index is 0.662. The van der Waals surface area contributed by atoms with Gasteiger partial charge in [-0.15, -0.1) is 0 Å². The van der Waals surface area contributed by atoms with Crippen LogP contribution in [0.15, 0.2) is 18.2 Å². The summed E-state index contributed by atoms with van der Waals surface area (Å²) >= 11 is 0. The van der Waals surface area contributed by atoms with E-state index in [4.69, 9.17) is 10.7 Å². The van der Waals surface area contributed by atoms with Gasteiger partial charge in [-0.25, -0.2) is 4.98 Å². The molecule has 2 N–H and O–H groups in total. The highest BCUT2D eigenvalue weighted by Gasteiger charge is 2.20. The third-order valence-electron chi connectivity index (χ3n) is 4.27. The molecule has 1 aromatic carbocycles. The van der Waals surface area contributed by atoms with Crippen LogP contribution >= 0.6 is 0 Å². The second-order valence-corrected chi connectivity index (χ2v) is 6.39. The SMILES string of the molecule is CCc1nc2cc(N)ccc2n1CC(C(C)C)C(C)C. The summed E-state index contributed by atoms with van der Waals surface area (Å²) in [6, 6.07) is 6.05. The van der Waals surface area contributed by atoms with Gasteiger partial charge in [-0.3, -0.25) is 0 Å². The number of anilines is 1. The van der Waals surface area contributed by atoms with Crippen LogP contribution in [0.5, 0.6) is 0 Å². The molecule has 0 fully saturated rings. The molecule has 0 amide bonds. The van der Waals surface area contributed by atoms with E-state index in [0.29, 0.717) is 17.8 Å². The first-order valence-corrected chi connectivity index (χ1v) is 7.68. The van der Waals surface area contributed by atoms with Crippen molar-refractivity contribution in [2.45, 2.75) is 47.6 Å². The average Bonchev–Trinajstić information content (AvgIpc) is 2.71. The Labute approximate surface area is 122 Å². The molecule has 0 atom stereocenters. The molecule has 0 spiro atoms. The molecule has 0 bridgehead atoms. The maximum absolute atomic E-state index is 5.87. The first-order chi connectivity index (χ1) is 9.43. The summed E-state index contributed by atoms with van der Waals surface area (Å²) in [7, 11) is 0. The number of imidazole rings is 1. The lowest BCUT2D eigenvalue weighted by Gasteiger charge is -2.26. The van der Waals surface area contributed by atoms with Gasteiger partial charge in [-0.1, -0.05) is 34.6 Å².